The molecule has 0 spiro atoms. The first-order valence-corrected chi connectivity index (χ1v) is 10.9. The van der Waals surface area contributed by atoms with E-state index < -0.39 is 5.91 Å². The second-order valence-corrected chi connectivity index (χ2v) is 7.63. The van der Waals surface area contributed by atoms with Crippen molar-refractivity contribution < 1.29 is 19.8 Å². The molecule has 0 atom stereocenters. The number of aromatic nitrogens is 2. The molecule has 1 amide bonds. The number of amides is 1. The van der Waals surface area contributed by atoms with E-state index in [0.717, 1.165) is 22.3 Å². The number of pyridine rings is 2. The largest absolute Gasteiger partial charge is 0.494 e. The van der Waals surface area contributed by atoms with E-state index in [1.807, 2.05) is 48.5 Å². The van der Waals surface area contributed by atoms with Crippen molar-refractivity contribution in [1.29, 1.82) is 0 Å². The number of nitrogens with zero attached hydrogens (tertiary/aromatic N) is 2. The highest BCUT2D eigenvalue weighted by atomic mass is 35.5. The predicted molar refractivity (Wildman–Crippen MR) is 146 cm³/mol. The van der Waals surface area contributed by atoms with Crippen LogP contribution in [-0.4, -0.2) is 46.5 Å². The van der Waals surface area contributed by atoms with Gasteiger partial charge in [-0.15, -0.1) is 24.8 Å². The molecule has 2 aromatic heterocycles. The number of carbonyl (C=O) groups excluding carboxylic acids is 1. The van der Waals surface area contributed by atoms with Gasteiger partial charge in [0.15, 0.2) is 5.75 Å². The molecule has 4 rings (SSSR count). The van der Waals surface area contributed by atoms with Crippen LogP contribution in [0.1, 0.15) is 27.0 Å². The smallest absolute Gasteiger partial charge is 0.279 e. The summed E-state index contributed by atoms with van der Waals surface area (Å²) in [5.74, 6) is 5.84. The Morgan fingerprint density at radius 2 is 1.65 bits per heavy atom. The molecule has 8 nitrogen and oxygen atoms in total. The fraction of sp³-hybridized carbons (Fsp3) is 0.148. The predicted octanol–water partition coefficient (Wildman–Crippen LogP) is 3.75. The molecule has 0 unspecified atom stereocenters. The van der Waals surface area contributed by atoms with Crippen LogP contribution in [0.25, 0.3) is 22.2 Å². The molecule has 4 aromatic rings. The number of halogens is 2. The molecule has 2 heterocycles. The number of aliphatic hydroxyl groups is 1. The monoisotopic (exact) mass is 540 g/mol. The Balaban J connectivity index is 0.00000241. The average molecular weight is 541 g/mol. The number of ether oxygens (including phenoxy) is 1. The van der Waals surface area contributed by atoms with Crippen LogP contribution in [0.4, 0.5) is 0 Å². The van der Waals surface area contributed by atoms with Crippen LogP contribution in [0.5, 0.6) is 5.75 Å². The van der Waals surface area contributed by atoms with Crippen molar-refractivity contribution in [3.05, 3.63) is 89.2 Å². The van der Waals surface area contributed by atoms with Crippen LogP contribution in [0, 0.1) is 11.8 Å². The van der Waals surface area contributed by atoms with E-state index in [0.29, 0.717) is 29.7 Å². The summed E-state index contributed by atoms with van der Waals surface area (Å²) in [7, 11) is 1.45. The first-order chi connectivity index (χ1) is 17.1. The van der Waals surface area contributed by atoms with Gasteiger partial charge in [0.2, 0.25) is 0 Å². The zero-order valence-corrected chi connectivity index (χ0v) is 21.5. The molecule has 0 aliphatic heterocycles. The molecule has 2 aromatic carbocycles. The first kappa shape index (κ1) is 29.5. The molecule has 0 radical (unpaired) electrons. The highest BCUT2D eigenvalue weighted by Gasteiger charge is 2.22. The van der Waals surface area contributed by atoms with E-state index in [9.17, 15) is 10.0 Å². The van der Waals surface area contributed by atoms with Gasteiger partial charge in [0.1, 0.15) is 5.69 Å². The molecule has 0 saturated heterocycles. The Bertz CT molecular complexity index is 1400. The van der Waals surface area contributed by atoms with Crippen molar-refractivity contribution in [1.82, 2.24) is 20.8 Å². The Hall–Kier alpha value is -3.71. The van der Waals surface area contributed by atoms with Crippen molar-refractivity contribution in [2.24, 2.45) is 0 Å². The maximum Gasteiger partial charge on any atom is 0.279 e. The van der Waals surface area contributed by atoms with Gasteiger partial charge in [-0.05, 0) is 35.9 Å². The highest BCUT2D eigenvalue weighted by molar-refractivity contribution is 6.09. The van der Waals surface area contributed by atoms with Crippen LogP contribution in [-0.2, 0) is 6.54 Å². The van der Waals surface area contributed by atoms with E-state index >= 15 is 0 Å². The minimum atomic E-state index is -0.707. The second-order valence-electron chi connectivity index (χ2n) is 7.63. The van der Waals surface area contributed by atoms with Gasteiger partial charge in [-0.2, -0.15) is 0 Å². The van der Waals surface area contributed by atoms with Crippen LogP contribution in [0.2, 0.25) is 0 Å². The topological polar surface area (TPSA) is 117 Å². The van der Waals surface area contributed by atoms with Crippen LogP contribution < -0.4 is 15.5 Å². The lowest BCUT2D eigenvalue weighted by molar-refractivity contribution is 0.0705. The summed E-state index contributed by atoms with van der Waals surface area (Å²) in [5, 5.41) is 21.7. The third-order valence-electron chi connectivity index (χ3n) is 5.36. The summed E-state index contributed by atoms with van der Waals surface area (Å²) in [6.07, 6.45) is 3.10. The van der Waals surface area contributed by atoms with E-state index in [4.69, 9.17) is 9.84 Å². The average Bonchev–Trinajstić information content (AvgIpc) is 2.91. The molecule has 4 N–H and O–H groups in total. The summed E-state index contributed by atoms with van der Waals surface area (Å²) in [6, 6.07) is 17.1. The number of carbonyl (C=O) groups is 1. The van der Waals surface area contributed by atoms with E-state index in [1.54, 1.807) is 17.7 Å². The maximum atomic E-state index is 12.4. The van der Waals surface area contributed by atoms with Gasteiger partial charge >= 0.3 is 0 Å². The molecular formula is C27H26Cl2N4O4. The Morgan fingerprint density at radius 3 is 2.24 bits per heavy atom. The van der Waals surface area contributed by atoms with Crippen molar-refractivity contribution >= 4 is 41.6 Å². The zero-order chi connectivity index (χ0) is 24.6. The van der Waals surface area contributed by atoms with Gasteiger partial charge in [-0.1, -0.05) is 36.1 Å². The highest BCUT2D eigenvalue weighted by Crippen LogP contribution is 2.36. The summed E-state index contributed by atoms with van der Waals surface area (Å²) >= 11 is 0. The van der Waals surface area contributed by atoms with Gasteiger partial charge in [0, 0.05) is 47.6 Å². The lowest BCUT2D eigenvalue weighted by Gasteiger charge is -2.14. The molecule has 192 valence electrons. The van der Waals surface area contributed by atoms with Crippen molar-refractivity contribution in [3.8, 4) is 28.8 Å². The van der Waals surface area contributed by atoms with Crippen LogP contribution >= 0.6 is 24.8 Å². The number of benzene rings is 2. The molecule has 37 heavy (non-hydrogen) atoms. The molecule has 0 fully saturated rings. The second kappa shape index (κ2) is 14.1. The van der Waals surface area contributed by atoms with Gasteiger partial charge in [-0.25, -0.2) is 10.5 Å². The molecular weight excluding hydrogens is 515 g/mol. The van der Waals surface area contributed by atoms with Crippen molar-refractivity contribution in [2.45, 2.75) is 6.54 Å². The Labute approximate surface area is 226 Å². The van der Waals surface area contributed by atoms with E-state index in [2.05, 4.69) is 27.1 Å². The SMILES string of the molecule is COc1c(-c2ccc(C#Cc3ccc(CNCCO)cc3)cc2)nc2ccncc2c1C(=O)NO.Cl.Cl. The third-order valence-corrected chi connectivity index (χ3v) is 5.36. The number of hydrogen-bond acceptors (Lipinski definition) is 7. The maximum absolute atomic E-state index is 12.4. The number of methoxy groups -OCH3 is 1. The first-order valence-electron chi connectivity index (χ1n) is 10.9. The minimum absolute atomic E-state index is 0. The van der Waals surface area contributed by atoms with Gasteiger partial charge < -0.3 is 15.2 Å². The Kier molecular flexibility index (Phi) is 11.3. The summed E-state index contributed by atoms with van der Waals surface area (Å²) < 4.78 is 5.53. The van der Waals surface area contributed by atoms with Crippen molar-refractivity contribution in [2.75, 3.05) is 20.3 Å². The van der Waals surface area contributed by atoms with Crippen LogP contribution in [0.15, 0.2) is 67.0 Å². The molecule has 0 saturated carbocycles. The number of hydrogen-bond donors (Lipinski definition) is 4. The van der Waals surface area contributed by atoms with Gasteiger partial charge in [-0.3, -0.25) is 15.0 Å². The standard InChI is InChI=1S/C27H24N4O4.2ClH/c1-35-26-24(27(33)31-34)22-17-28-13-12-23(22)30-25(26)21-10-8-19(9-11-21)3-2-18-4-6-20(7-5-18)16-29-14-15-32;;/h4-13,17,29,32,34H,14-16H2,1H3,(H,31,33);2*1H. The number of hydroxylamine groups is 1. The Morgan fingerprint density at radius 1 is 1.00 bits per heavy atom. The molecule has 0 aliphatic carbocycles. The van der Waals surface area contributed by atoms with Gasteiger partial charge in [0.25, 0.3) is 5.91 Å². The fourth-order valence-corrected chi connectivity index (χ4v) is 3.64. The van der Waals surface area contributed by atoms with E-state index in [-0.39, 0.29) is 42.7 Å². The lowest BCUT2D eigenvalue weighted by atomic mass is 10.0. The number of nitrogens with one attached hydrogen (secondary N) is 2. The number of aliphatic hydroxyl groups excluding tert-OH is 1. The fourth-order valence-electron chi connectivity index (χ4n) is 3.64. The number of fused-ring (bicyclic) bond motifs is 1. The summed E-state index contributed by atoms with van der Waals surface area (Å²) in [6.45, 7) is 1.37. The summed E-state index contributed by atoms with van der Waals surface area (Å²) in [4.78, 5) is 21.2. The quantitative estimate of drug-likeness (QED) is 0.122. The minimum Gasteiger partial charge on any atom is -0.494 e. The number of rotatable bonds is 7. The molecule has 10 heteroatoms. The van der Waals surface area contributed by atoms with Gasteiger partial charge in [0.05, 0.1) is 24.8 Å². The normalized spacial score (nSPS) is 9.92. The van der Waals surface area contributed by atoms with Crippen molar-refractivity contribution in [3.63, 3.8) is 0 Å². The van der Waals surface area contributed by atoms with E-state index in [1.165, 1.54) is 13.3 Å². The molecule has 0 aliphatic rings. The lowest BCUT2D eigenvalue weighted by Crippen LogP contribution is -2.20. The molecule has 0 bridgehead atoms. The van der Waals surface area contributed by atoms with Crippen LogP contribution in [0.3, 0.4) is 0 Å². The third kappa shape index (κ3) is 6.95. The zero-order valence-electron chi connectivity index (χ0n) is 19.9. The summed E-state index contributed by atoms with van der Waals surface area (Å²) in [5.41, 5.74) is 6.42.